The minimum atomic E-state index is -0.436. The van der Waals surface area contributed by atoms with Crippen LogP contribution in [0.15, 0.2) is 24.3 Å². The molecule has 0 aliphatic carbocycles. The van der Waals surface area contributed by atoms with Gasteiger partial charge < -0.3 is 11.1 Å². The molecule has 2 aromatic rings. The fourth-order valence-corrected chi connectivity index (χ4v) is 2.81. The van der Waals surface area contributed by atoms with Crippen molar-refractivity contribution < 1.29 is 4.79 Å². The molecular formula is C14H19N3OS. The maximum Gasteiger partial charge on any atom is 0.237 e. The van der Waals surface area contributed by atoms with E-state index in [9.17, 15) is 4.79 Å². The van der Waals surface area contributed by atoms with Crippen LogP contribution in [0.3, 0.4) is 0 Å². The summed E-state index contributed by atoms with van der Waals surface area (Å²) in [7, 11) is 0. The number of aromatic nitrogens is 1. The zero-order chi connectivity index (χ0) is 13.8. The first-order valence-electron chi connectivity index (χ1n) is 6.44. The third kappa shape index (κ3) is 3.75. The summed E-state index contributed by atoms with van der Waals surface area (Å²) in [5.41, 5.74) is 6.80. The lowest BCUT2D eigenvalue weighted by Gasteiger charge is -2.13. The van der Waals surface area contributed by atoms with E-state index in [1.807, 2.05) is 24.3 Å². The van der Waals surface area contributed by atoms with Crippen LogP contribution in [0.25, 0.3) is 10.2 Å². The van der Waals surface area contributed by atoms with E-state index in [1.54, 1.807) is 11.3 Å². The van der Waals surface area contributed by atoms with E-state index < -0.39 is 6.04 Å². The molecule has 1 amide bonds. The fourth-order valence-electron chi connectivity index (χ4n) is 1.90. The summed E-state index contributed by atoms with van der Waals surface area (Å²) in [6, 6.07) is 7.52. The Balaban J connectivity index is 1.93. The van der Waals surface area contributed by atoms with Gasteiger partial charge in [0.15, 0.2) is 0 Å². The molecule has 0 aliphatic rings. The maximum absolute atomic E-state index is 11.8. The lowest BCUT2D eigenvalue weighted by Crippen LogP contribution is -2.40. The standard InChI is InChI=1S/C14H19N3OS/c1-9(2)7-10(15)14(18)16-8-13-17-11-5-3-4-6-12(11)19-13/h3-6,9-10H,7-8,15H2,1-2H3,(H,16,18)/t10-/m0/s1. The van der Waals surface area contributed by atoms with Crippen molar-refractivity contribution in [3.05, 3.63) is 29.3 Å². The minimum Gasteiger partial charge on any atom is -0.348 e. The lowest BCUT2D eigenvalue weighted by molar-refractivity contribution is -0.122. The van der Waals surface area contributed by atoms with Crippen molar-refractivity contribution in [2.45, 2.75) is 32.9 Å². The molecule has 1 atom stereocenters. The van der Waals surface area contributed by atoms with Crippen LogP contribution in [0.2, 0.25) is 0 Å². The Morgan fingerprint density at radius 2 is 2.16 bits per heavy atom. The molecule has 1 aromatic heterocycles. The van der Waals surface area contributed by atoms with Gasteiger partial charge in [-0.3, -0.25) is 4.79 Å². The average Bonchev–Trinajstić information content (AvgIpc) is 2.77. The highest BCUT2D eigenvalue weighted by molar-refractivity contribution is 7.18. The maximum atomic E-state index is 11.8. The highest BCUT2D eigenvalue weighted by atomic mass is 32.1. The smallest absolute Gasteiger partial charge is 0.237 e. The summed E-state index contributed by atoms with van der Waals surface area (Å²) >= 11 is 1.60. The quantitative estimate of drug-likeness (QED) is 0.881. The number of rotatable bonds is 5. The second-order valence-electron chi connectivity index (χ2n) is 5.03. The predicted octanol–water partition coefficient (Wildman–Crippen LogP) is 2.29. The number of fused-ring (bicyclic) bond motifs is 1. The van der Waals surface area contributed by atoms with Gasteiger partial charge in [0.1, 0.15) is 5.01 Å². The summed E-state index contributed by atoms with van der Waals surface area (Å²) in [6.45, 7) is 4.56. The van der Waals surface area contributed by atoms with E-state index in [2.05, 4.69) is 24.1 Å². The van der Waals surface area contributed by atoms with Crippen LogP contribution < -0.4 is 11.1 Å². The summed E-state index contributed by atoms with van der Waals surface area (Å²) in [6.07, 6.45) is 0.700. The van der Waals surface area contributed by atoms with Crippen LogP contribution in [-0.2, 0) is 11.3 Å². The van der Waals surface area contributed by atoms with Crippen LogP contribution in [0, 0.1) is 5.92 Å². The molecule has 0 bridgehead atoms. The second-order valence-corrected chi connectivity index (χ2v) is 6.14. The Kier molecular flexibility index (Phi) is 4.50. The van der Waals surface area contributed by atoms with Crippen molar-refractivity contribution in [2.24, 2.45) is 11.7 Å². The number of amides is 1. The van der Waals surface area contributed by atoms with Crippen LogP contribution >= 0.6 is 11.3 Å². The van der Waals surface area contributed by atoms with E-state index in [-0.39, 0.29) is 5.91 Å². The highest BCUT2D eigenvalue weighted by Gasteiger charge is 2.15. The van der Waals surface area contributed by atoms with Crippen molar-refractivity contribution in [1.29, 1.82) is 0 Å². The highest BCUT2D eigenvalue weighted by Crippen LogP contribution is 2.21. The van der Waals surface area contributed by atoms with E-state index in [1.165, 1.54) is 0 Å². The number of nitrogens with one attached hydrogen (secondary N) is 1. The van der Waals surface area contributed by atoms with E-state index in [0.29, 0.717) is 18.9 Å². The number of nitrogens with zero attached hydrogens (tertiary/aromatic N) is 1. The minimum absolute atomic E-state index is 0.104. The van der Waals surface area contributed by atoms with Crippen molar-refractivity contribution in [2.75, 3.05) is 0 Å². The summed E-state index contributed by atoms with van der Waals surface area (Å²) in [5, 5.41) is 3.76. The van der Waals surface area contributed by atoms with Gasteiger partial charge in [-0.15, -0.1) is 11.3 Å². The summed E-state index contributed by atoms with van der Waals surface area (Å²) in [5.74, 6) is 0.316. The lowest BCUT2D eigenvalue weighted by atomic mass is 10.0. The zero-order valence-electron chi connectivity index (χ0n) is 11.2. The Morgan fingerprint density at radius 1 is 1.42 bits per heavy atom. The third-order valence-electron chi connectivity index (χ3n) is 2.81. The molecule has 102 valence electrons. The first kappa shape index (κ1) is 14.0. The van der Waals surface area contributed by atoms with Crippen molar-refractivity contribution in [3.8, 4) is 0 Å². The van der Waals surface area contributed by atoms with Crippen molar-refractivity contribution >= 4 is 27.5 Å². The van der Waals surface area contributed by atoms with E-state index in [0.717, 1.165) is 15.2 Å². The van der Waals surface area contributed by atoms with Crippen molar-refractivity contribution in [3.63, 3.8) is 0 Å². The van der Waals surface area contributed by atoms with Crippen LogP contribution in [0.1, 0.15) is 25.3 Å². The Morgan fingerprint density at radius 3 is 2.84 bits per heavy atom. The average molecular weight is 277 g/mol. The molecule has 4 nitrogen and oxygen atoms in total. The number of para-hydroxylation sites is 1. The van der Waals surface area contributed by atoms with E-state index in [4.69, 9.17) is 5.73 Å². The molecule has 5 heteroatoms. The van der Waals surface area contributed by atoms with Crippen molar-refractivity contribution in [1.82, 2.24) is 10.3 Å². The fraction of sp³-hybridized carbons (Fsp3) is 0.429. The zero-order valence-corrected chi connectivity index (χ0v) is 12.0. The Hall–Kier alpha value is -1.46. The topological polar surface area (TPSA) is 68.0 Å². The van der Waals surface area contributed by atoms with E-state index >= 15 is 0 Å². The Bertz CT molecular complexity index is 532. The van der Waals surface area contributed by atoms with Crippen LogP contribution in [0.5, 0.6) is 0 Å². The van der Waals surface area contributed by atoms with Gasteiger partial charge in [0.2, 0.25) is 5.91 Å². The van der Waals surface area contributed by atoms with Gasteiger partial charge in [0, 0.05) is 0 Å². The molecule has 2 rings (SSSR count). The molecule has 1 heterocycles. The number of hydrogen-bond acceptors (Lipinski definition) is 4. The Labute approximate surface area is 117 Å². The molecule has 0 spiro atoms. The normalized spacial score (nSPS) is 12.8. The predicted molar refractivity (Wildman–Crippen MR) is 78.9 cm³/mol. The first-order valence-corrected chi connectivity index (χ1v) is 7.25. The van der Waals surface area contributed by atoms with Gasteiger partial charge in [-0.25, -0.2) is 4.98 Å². The number of carbonyl (C=O) groups excluding carboxylic acids is 1. The molecule has 1 aromatic carbocycles. The number of thiazole rings is 1. The van der Waals surface area contributed by atoms with Gasteiger partial charge in [0.25, 0.3) is 0 Å². The molecule has 0 fully saturated rings. The molecule has 0 aliphatic heterocycles. The summed E-state index contributed by atoms with van der Waals surface area (Å²) < 4.78 is 1.14. The summed E-state index contributed by atoms with van der Waals surface area (Å²) in [4.78, 5) is 16.3. The molecular weight excluding hydrogens is 258 g/mol. The van der Waals surface area contributed by atoms with Crippen LogP contribution in [0.4, 0.5) is 0 Å². The van der Waals surface area contributed by atoms with Crippen LogP contribution in [-0.4, -0.2) is 16.9 Å². The molecule has 19 heavy (non-hydrogen) atoms. The third-order valence-corrected chi connectivity index (χ3v) is 3.85. The molecule has 0 saturated heterocycles. The van der Waals surface area contributed by atoms with Gasteiger partial charge in [-0.05, 0) is 24.5 Å². The monoisotopic (exact) mass is 277 g/mol. The number of benzene rings is 1. The molecule has 0 radical (unpaired) electrons. The second kappa shape index (κ2) is 6.12. The molecule has 0 saturated carbocycles. The van der Waals surface area contributed by atoms with Gasteiger partial charge in [-0.2, -0.15) is 0 Å². The number of carbonyl (C=O) groups is 1. The van der Waals surface area contributed by atoms with Gasteiger partial charge in [-0.1, -0.05) is 26.0 Å². The van der Waals surface area contributed by atoms with Gasteiger partial charge in [0.05, 0.1) is 22.8 Å². The number of nitrogens with two attached hydrogens (primary N) is 1. The molecule has 3 N–H and O–H groups in total. The molecule has 0 unspecified atom stereocenters. The largest absolute Gasteiger partial charge is 0.348 e. The first-order chi connectivity index (χ1) is 9.06. The van der Waals surface area contributed by atoms with Gasteiger partial charge >= 0.3 is 0 Å². The number of hydrogen-bond donors (Lipinski definition) is 2. The SMILES string of the molecule is CC(C)C[C@H](N)C(=O)NCc1nc2ccccc2s1.